The minimum absolute atomic E-state index is 0.164. The Hall–Kier alpha value is -1.69. The first kappa shape index (κ1) is 12.8. The SMILES string of the molecule is CCNC(=O)c1cnc(N2CCCC(O)C2)nc1. The van der Waals surface area contributed by atoms with Crippen LogP contribution in [-0.2, 0) is 0 Å². The second kappa shape index (κ2) is 5.77. The van der Waals surface area contributed by atoms with E-state index in [9.17, 15) is 9.90 Å². The molecule has 0 radical (unpaired) electrons. The van der Waals surface area contributed by atoms with Gasteiger partial charge in [0.1, 0.15) is 0 Å². The van der Waals surface area contributed by atoms with Gasteiger partial charge in [-0.15, -0.1) is 0 Å². The van der Waals surface area contributed by atoms with Gasteiger partial charge in [0.25, 0.3) is 5.91 Å². The highest BCUT2D eigenvalue weighted by molar-refractivity contribution is 5.93. The van der Waals surface area contributed by atoms with Gasteiger partial charge in [0.15, 0.2) is 0 Å². The van der Waals surface area contributed by atoms with Crippen LogP contribution in [0.5, 0.6) is 0 Å². The van der Waals surface area contributed by atoms with Gasteiger partial charge in [-0.05, 0) is 19.8 Å². The fourth-order valence-electron chi connectivity index (χ4n) is 2.00. The molecule has 0 aliphatic carbocycles. The molecular formula is C12H18N4O2. The Morgan fingerprint density at radius 3 is 2.89 bits per heavy atom. The monoisotopic (exact) mass is 250 g/mol. The van der Waals surface area contributed by atoms with Crippen molar-refractivity contribution in [1.82, 2.24) is 15.3 Å². The van der Waals surface area contributed by atoms with Crippen LogP contribution < -0.4 is 10.2 Å². The molecule has 0 spiro atoms. The van der Waals surface area contributed by atoms with Gasteiger partial charge in [-0.3, -0.25) is 4.79 Å². The van der Waals surface area contributed by atoms with Crippen LogP contribution in [0.1, 0.15) is 30.1 Å². The summed E-state index contributed by atoms with van der Waals surface area (Å²) in [6.45, 7) is 3.85. The Morgan fingerprint density at radius 2 is 2.28 bits per heavy atom. The van der Waals surface area contributed by atoms with E-state index >= 15 is 0 Å². The predicted molar refractivity (Wildman–Crippen MR) is 67.5 cm³/mol. The van der Waals surface area contributed by atoms with Gasteiger partial charge in [-0.25, -0.2) is 9.97 Å². The smallest absolute Gasteiger partial charge is 0.254 e. The van der Waals surface area contributed by atoms with Gasteiger partial charge in [0, 0.05) is 32.0 Å². The van der Waals surface area contributed by atoms with E-state index in [0.717, 1.165) is 19.4 Å². The van der Waals surface area contributed by atoms with Crippen LogP contribution in [0.15, 0.2) is 12.4 Å². The van der Waals surface area contributed by atoms with Crippen LogP contribution in [0.2, 0.25) is 0 Å². The summed E-state index contributed by atoms with van der Waals surface area (Å²) in [5.41, 5.74) is 0.457. The molecule has 6 nitrogen and oxygen atoms in total. The van der Waals surface area contributed by atoms with Crippen molar-refractivity contribution in [2.24, 2.45) is 0 Å². The number of β-amino-alcohol motifs (C(OH)–C–C–N with tert-alkyl or cyclic N) is 1. The molecule has 1 unspecified atom stereocenters. The summed E-state index contributed by atoms with van der Waals surface area (Å²) >= 11 is 0. The third-order valence-corrected chi connectivity index (χ3v) is 2.92. The molecule has 2 N–H and O–H groups in total. The molecule has 2 rings (SSSR count). The summed E-state index contributed by atoms with van der Waals surface area (Å²) in [5.74, 6) is 0.407. The van der Waals surface area contributed by atoms with E-state index < -0.39 is 0 Å². The summed E-state index contributed by atoms with van der Waals surface area (Å²) in [6, 6.07) is 0. The molecule has 1 aliphatic rings. The second-order valence-corrected chi connectivity index (χ2v) is 4.37. The molecule has 18 heavy (non-hydrogen) atoms. The first-order valence-corrected chi connectivity index (χ1v) is 6.24. The van der Waals surface area contributed by atoms with Crippen LogP contribution >= 0.6 is 0 Å². The van der Waals surface area contributed by atoms with Crippen molar-refractivity contribution < 1.29 is 9.90 Å². The highest BCUT2D eigenvalue weighted by atomic mass is 16.3. The summed E-state index contributed by atoms with van der Waals surface area (Å²) in [7, 11) is 0. The fraction of sp³-hybridized carbons (Fsp3) is 0.583. The van der Waals surface area contributed by atoms with E-state index in [1.807, 2.05) is 11.8 Å². The van der Waals surface area contributed by atoms with Gasteiger partial charge in [0.05, 0.1) is 11.7 Å². The molecule has 1 saturated heterocycles. The molecule has 1 fully saturated rings. The number of carbonyl (C=O) groups excluding carboxylic acids is 1. The lowest BCUT2D eigenvalue weighted by atomic mass is 10.1. The summed E-state index contributed by atoms with van der Waals surface area (Å²) in [6.07, 6.45) is 4.49. The molecule has 1 aromatic heterocycles. The second-order valence-electron chi connectivity index (χ2n) is 4.37. The van der Waals surface area contributed by atoms with E-state index in [0.29, 0.717) is 24.6 Å². The number of aliphatic hydroxyl groups excluding tert-OH is 1. The zero-order valence-corrected chi connectivity index (χ0v) is 10.5. The number of aromatic nitrogens is 2. The van der Waals surface area contributed by atoms with Crippen molar-refractivity contribution >= 4 is 11.9 Å². The maximum Gasteiger partial charge on any atom is 0.254 e. The van der Waals surface area contributed by atoms with Crippen LogP contribution in [-0.4, -0.2) is 46.7 Å². The van der Waals surface area contributed by atoms with E-state index in [-0.39, 0.29) is 12.0 Å². The topological polar surface area (TPSA) is 78.4 Å². The number of piperidine rings is 1. The Kier molecular flexibility index (Phi) is 4.09. The van der Waals surface area contributed by atoms with Crippen molar-refractivity contribution in [3.8, 4) is 0 Å². The third kappa shape index (κ3) is 2.95. The number of nitrogens with zero attached hydrogens (tertiary/aromatic N) is 3. The van der Waals surface area contributed by atoms with Crippen molar-refractivity contribution in [2.75, 3.05) is 24.5 Å². The van der Waals surface area contributed by atoms with E-state index in [4.69, 9.17) is 0 Å². The lowest BCUT2D eigenvalue weighted by Crippen LogP contribution is -2.39. The number of aliphatic hydroxyl groups is 1. The van der Waals surface area contributed by atoms with E-state index in [1.54, 1.807) is 0 Å². The lowest BCUT2D eigenvalue weighted by Gasteiger charge is -2.29. The maximum atomic E-state index is 11.5. The quantitative estimate of drug-likeness (QED) is 0.800. The lowest BCUT2D eigenvalue weighted by molar-refractivity contribution is 0.0955. The Balaban J connectivity index is 2.05. The van der Waals surface area contributed by atoms with Crippen LogP contribution in [0.25, 0.3) is 0 Å². The van der Waals surface area contributed by atoms with Gasteiger partial charge < -0.3 is 15.3 Å². The predicted octanol–water partition coefficient (Wildman–Crippen LogP) is 0.187. The van der Waals surface area contributed by atoms with Crippen molar-refractivity contribution in [2.45, 2.75) is 25.9 Å². The number of carbonyl (C=O) groups is 1. The summed E-state index contributed by atoms with van der Waals surface area (Å²) < 4.78 is 0. The average Bonchev–Trinajstić information content (AvgIpc) is 2.39. The number of rotatable bonds is 3. The van der Waals surface area contributed by atoms with Gasteiger partial charge >= 0.3 is 0 Å². The zero-order valence-electron chi connectivity index (χ0n) is 10.5. The highest BCUT2D eigenvalue weighted by Crippen LogP contribution is 2.15. The number of hydrogen-bond donors (Lipinski definition) is 2. The van der Waals surface area contributed by atoms with Crippen molar-refractivity contribution in [3.63, 3.8) is 0 Å². The zero-order chi connectivity index (χ0) is 13.0. The van der Waals surface area contributed by atoms with Crippen LogP contribution in [0.4, 0.5) is 5.95 Å². The van der Waals surface area contributed by atoms with Gasteiger partial charge in [-0.1, -0.05) is 0 Å². The molecule has 98 valence electrons. The molecule has 1 amide bonds. The number of nitrogens with one attached hydrogen (secondary N) is 1. The largest absolute Gasteiger partial charge is 0.391 e. The number of anilines is 1. The highest BCUT2D eigenvalue weighted by Gasteiger charge is 2.19. The van der Waals surface area contributed by atoms with E-state index in [1.165, 1.54) is 12.4 Å². The average molecular weight is 250 g/mol. The maximum absolute atomic E-state index is 11.5. The molecule has 1 atom stereocenters. The Bertz CT molecular complexity index is 407. The number of hydrogen-bond acceptors (Lipinski definition) is 5. The van der Waals surface area contributed by atoms with Gasteiger partial charge in [0.2, 0.25) is 5.95 Å². The molecule has 2 heterocycles. The Morgan fingerprint density at radius 1 is 1.56 bits per heavy atom. The molecule has 1 aromatic rings. The molecule has 6 heteroatoms. The van der Waals surface area contributed by atoms with Crippen molar-refractivity contribution in [1.29, 1.82) is 0 Å². The fourth-order valence-corrected chi connectivity index (χ4v) is 2.00. The molecule has 1 aliphatic heterocycles. The third-order valence-electron chi connectivity index (χ3n) is 2.92. The molecule has 0 saturated carbocycles. The first-order valence-electron chi connectivity index (χ1n) is 6.24. The van der Waals surface area contributed by atoms with Crippen LogP contribution in [0.3, 0.4) is 0 Å². The summed E-state index contributed by atoms with van der Waals surface area (Å²) in [4.78, 5) is 21.8. The molecule has 0 bridgehead atoms. The number of amides is 1. The van der Waals surface area contributed by atoms with Gasteiger partial charge in [-0.2, -0.15) is 0 Å². The Labute approximate surface area is 106 Å². The normalized spacial score (nSPS) is 19.7. The minimum atomic E-state index is -0.314. The molecule has 0 aromatic carbocycles. The summed E-state index contributed by atoms with van der Waals surface area (Å²) in [5, 5.41) is 12.3. The molecular weight excluding hydrogens is 232 g/mol. The van der Waals surface area contributed by atoms with E-state index in [2.05, 4.69) is 15.3 Å². The first-order chi connectivity index (χ1) is 8.70. The van der Waals surface area contributed by atoms with Crippen LogP contribution in [0, 0.1) is 0 Å². The minimum Gasteiger partial charge on any atom is -0.391 e. The standard InChI is InChI=1S/C12H18N4O2/c1-2-13-11(18)9-6-14-12(15-7-9)16-5-3-4-10(17)8-16/h6-7,10,17H,2-5,8H2,1H3,(H,13,18). The van der Waals surface area contributed by atoms with Crippen molar-refractivity contribution in [3.05, 3.63) is 18.0 Å².